The highest BCUT2D eigenvalue weighted by Crippen LogP contribution is 2.36. The number of fused-ring (bicyclic) bond motifs is 1. The molecule has 1 aliphatic rings. The summed E-state index contributed by atoms with van der Waals surface area (Å²) in [5, 5.41) is 13.8. The molecule has 2 aromatic carbocycles. The van der Waals surface area contributed by atoms with E-state index in [-0.39, 0.29) is 23.0 Å². The lowest BCUT2D eigenvalue weighted by atomic mass is 10.1. The Hall–Kier alpha value is -3.94. The van der Waals surface area contributed by atoms with Crippen LogP contribution >= 0.6 is 0 Å². The molecule has 6 nitrogen and oxygen atoms in total. The quantitative estimate of drug-likeness (QED) is 0.381. The maximum atomic E-state index is 14.4. The summed E-state index contributed by atoms with van der Waals surface area (Å²) in [5.41, 5.74) is 1.87. The molecule has 3 heterocycles. The van der Waals surface area contributed by atoms with Crippen LogP contribution in [0.1, 0.15) is 29.6 Å². The third-order valence-electron chi connectivity index (χ3n) is 5.90. The Morgan fingerprint density at radius 3 is 2.42 bits per heavy atom. The molecule has 0 saturated carbocycles. The van der Waals surface area contributed by atoms with E-state index in [9.17, 15) is 18.7 Å². The molecule has 2 aromatic heterocycles. The monoisotopic (exact) mass is 448 g/mol. The molecule has 168 valence electrons. The fourth-order valence-electron chi connectivity index (χ4n) is 4.23. The third-order valence-corrected chi connectivity index (χ3v) is 5.90. The van der Waals surface area contributed by atoms with Gasteiger partial charge < -0.3 is 20.3 Å². The summed E-state index contributed by atoms with van der Waals surface area (Å²) in [5.74, 6) is -1.56. The number of hydrogen-bond acceptors (Lipinski definition) is 4. The van der Waals surface area contributed by atoms with Crippen molar-refractivity contribution >= 4 is 28.2 Å². The van der Waals surface area contributed by atoms with Crippen LogP contribution in [-0.2, 0) is 0 Å². The summed E-state index contributed by atoms with van der Waals surface area (Å²) < 4.78 is 28.8. The highest BCUT2D eigenvalue weighted by atomic mass is 19.1. The number of carbonyl (C=O) groups excluding carboxylic acids is 1. The average Bonchev–Trinajstić information content (AvgIpc) is 3.20. The molecule has 5 rings (SSSR count). The molecule has 0 aliphatic carbocycles. The average molecular weight is 448 g/mol. The van der Waals surface area contributed by atoms with Crippen LogP contribution in [0.4, 0.5) is 20.2 Å². The fraction of sp³-hybridized carbons (Fsp3) is 0.200. The zero-order valence-electron chi connectivity index (χ0n) is 17.7. The van der Waals surface area contributed by atoms with E-state index in [1.807, 2.05) is 4.90 Å². The minimum Gasteiger partial charge on any atom is -0.494 e. The predicted molar refractivity (Wildman–Crippen MR) is 123 cm³/mol. The molecule has 0 unspecified atom stereocenters. The van der Waals surface area contributed by atoms with Gasteiger partial charge in [-0.05, 0) is 61.7 Å². The number of anilines is 2. The molecule has 33 heavy (non-hydrogen) atoms. The normalized spacial score (nSPS) is 13.9. The van der Waals surface area contributed by atoms with Crippen molar-refractivity contribution in [2.75, 3.05) is 18.4 Å². The van der Waals surface area contributed by atoms with Crippen LogP contribution < -0.4 is 5.32 Å². The predicted octanol–water partition coefficient (Wildman–Crippen LogP) is 5.58. The molecule has 0 spiro atoms. The maximum Gasteiger partial charge on any atom is 0.253 e. The molecule has 1 saturated heterocycles. The SMILES string of the molecule is O=C(c1ccc(Nc2cc(-c3c(F)cccc3F)nc3c[nH]c(O)c23)cc1)N1CCCCC1. The fourth-order valence-corrected chi connectivity index (χ4v) is 4.23. The summed E-state index contributed by atoms with van der Waals surface area (Å²) in [6, 6.07) is 12.1. The Balaban J connectivity index is 1.48. The number of nitrogens with zero attached hydrogens (tertiary/aromatic N) is 2. The van der Waals surface area contributed by atoms with E-state index in [2.05, 4.69) is 15.3 Å². The highest BCUT2D eigenvalue weighted by Gasteiger charge is 2.19. The van der Waals surface area contributed by atoms with Crippen LogP contribution in [0, 0.1) is 11.6 Å². The second-order valence-electron chi connectivity index (χ2n) is 8.10. The van der Waals surface area contributed by atoms with Crippen molar-refractivity contribution in [2.24, 2.45) is 0 Å². The zero-order chi connectivity index (χ0) is 22.9. The number of carbonyl (C=O) groups is 1. The summed E-state index contributed by atoms with van der Waals surface area (Å²) in [6.07, 6.45) is 4.67. The van der Waals surface area contributed by atoms with Gasteiger partial charge >= 0.3 is 0 Å². The van der Waals surface area contributed by atoms with Crippen molar-refractivity contribution in [1.29, 1.82) is 0 Å². The van der Waals surface area contributed by atoms with Crippen molar-refractivity contribution in [2.45, 2.75) is 19.3 Å². The number of piperidine rings is 1. The zero-order valence-corrected chi connectivity index (χ0v) is 17.7. The smallest absolute Gasteiger partial charge is 0.253 e. The standard InChI is InChI=1S/C25H22F2N4O2/c26-17-5-4-6-18(27)22(17)19-13-20(23-21(30-19)14-28-24(23)32)29-16-9-7-15(8-10-16)25(33)31-11-2-1-3-12-31/h4-10,13-14,28-29,32H,1-3,11-12H2. The molecule has 1 aliphatic heterocycles. The van der Waals surface area contributed by atoms with Crippen molar-refractivity contribution in [3.8, 4) is 17.1 Å². The Labute approximate surface area is 188 Å². The summed E-state index contributed by atoms with van der Waals surface area (Å²) >= 11 is 0. The molecule has 0 atom stereocenters. The number of rotatable bonds is 4. The van der Waals surface area contributed by atoms with E-state index in [0.29, 0.717) is 27.8 Å². The number of aromatic amines is 1. The van der Waals surface area contributed by atoms with Crippen LogP contribution in [0.25, 0.3) is 22.2 Å². The van der Waals surface area contributed by atoms with E-state index in [1.165, 1.54) is 30.5 Å². The van der Waals surface area contributed by atoms with Crippen LogP contribution in [0.2, 0.25) is 0 Å². The lowest BCUT2D eigenvalue weighted by Crippen LogP contribution is -2.35. The first kappa shape index (κ1) is 20.9. The van der Waals surface area contributed by atoms with E-state index in [0.717, 1.165) is 32.4 Å². The molecule has 0 radical (unpaired) electrons. The van der Waals surface area contributed by atoms with E-state index in [4.69, 9.17) is 0 Å². The topological polar surface area (TPSA) is 81.2 Å². The van der Waals surface area contributed by atoms with Gasteiger partial charge in [-0.25, -0.2) is 13.8 Å². The third kappa shape index (κ3) is 4.00. The Morgan fingerprint density at radius 2 is 1.73 bits per heavy atom. The van der Waals surface area contributed by atoms with Gasteiger partial charge in [0.2, 0.25) is 0 Å². The Morgan fingerprint density at radius 1 is 1.03 bits per heavy atom. The van der Waals surface area contributed by atoms with Crippen molar-refractivity contribution in [3.05, 3.63) is 71.9 Å². The first-order valence-corrected chi connectivity index (χ1v) is 10.8. The number of likely N-dealkylation sites (tertiary alicyclic amines) is 1. The minimum atomic E-state index is -0.729. The molecule has 8 heteroatoms. The Kier molecular flexibility index (Phi) is 5.42. The van der Waals surface area contributed by atoms with Crippen LogP contribution in [0.5, 0.6) is 5.88 Å². The number of H-pyrrole nitrogens is 1. The first-order valence-electron chi connectivity index (χ1n) is 10.8. The summed E-state index contributed by atoms with van der Waals surface area (Å²) in [4.78, 5) is 21.6. The Bertz CT molecular complexity index is 1310. The van der Waals surface area contributed by atoms with Gasteiger partial charge in [-0.1, -0.05) is 6.07 Å². The summed E-state index contributed by atoms with van der Waals surface area (Å²) in [7, 11) is 0. The molecule has 1 amide bonds. The molecule has 4 aromatic rings. The van der Waals surface area contributed by atoms with Crippen LogP contribution in [0.3, 0.4) is 0 Å². The number of hydrogen-bond donors (Lipinski definition) is 3. The highest BCUT2D eigenvalue weighted by molar-refractivity contribution is 5.99. The number of benzene rings is 2. The van der Waals surface area contributed by atoms with Gasteiger partial charge in [0, 0.05) is 30.5 Å². The van der Waals surface area contributed by atoms with Gasteiger partial charge in [-0.3, -0.25) is 4.79 Å². The number of aromatic nitrogens is 2. The molecular weight excluding hydrogens is 426 g/mol. The van der Waals surface area contributed by atoms with Gasteiger partial charge in [-0.2, -0.15) is 0 Å². The number of aromatic hydroxyl groups is 1. The molecular formula is C25H22F2N4O2. The lowest BCUT2D eigenvalue weighted by molar-refractivity contribution is 0.0724. The minimum absolute atomic E-state index is 0.00754. The van der Waals surface area contributed by atoms with Crippen molar-refractivity contribution in [1.82, 2.24) is 14.9 Å². The number of nitrogens with one attached hydrogen (secondary N) is 2. The molecule has 0 bridgehead atoms. The van der Waals surface area contributed by atoms with Gasteiger partial charge in [-0.15, -0.1) is 0 Å². The van der Waals surface area contributed by atoms with E-state index in [1.54, 1.807) is 24.3 Å². The lowest BCUT2D eigenvalue weighted by Gasteiger charge is -2.26. The van der Waals surface area contributed by atoms with Crippen molar-refractivity contribution in [3.63, 3.8) is 0 Å². The second-order valence-corrected chi connectivity index (χ2v) is 8.10. The number of amides is 1. The van der Waals surface area contributed by atoms with Crippen LogP contribution in [-0.4, -0.2) is 39.0 Å². The van der Waals surface area contributed by atoms with Crippen molar-refractivity contribution < 1.29 is 18.7 Å². The maximum absolute atomic E-state index is 14.4. The van der Waals surface area contributed by atoms with Gasteiger partial charge in [0.25, 0.3) is 5.91 Å². The number of pyridine rings is 1. The van der Waals surface area contributed by atoms with Gasteiger partial charge in [0.1, 0.15) is 11.6 Å². The molecule has 3 N–H and O–H groups in total. The van der Waals surface area contributed by atoms with E-state index < -0.39 is 11.6 Å². The van der Waals surface area contributed by atoms with E-state index >= 15 is 0 Å². The van der Waals surface area contributed by atoms with Crippen LogP contribution in [0.15, 0.2) is 54.7 Å². The number of halogens is 2. The van der Waals surface area contributed by atoms with Gasteiger partial charge in [0.05, 0.1) is 27.8 Å². The van der Waals surface area contributed by atoms with Gasteiger partial charge in [0.15, 0.2) is 5.88 Å². The second kappa shape index (κ2) is 8.54. The largest absolute Gasteiger partial charge is 0.494 e. The summed E-state index contributed by atoms with van der Waals surface area (Å²) in [6.45, 7) is 1.55. The first-order chi connectivity index (χ1) is 16.0. The molecule has 1 fully saturated rings.